The van der Waals surface area contributed by atoms with Crippen LogP contribution >= 0.6 is 0 Å². The number of fused-ring (bicyclic) bond motifs is 1. The van der Waals surface area contributed by atoms with E-state index in [4.69, 9.17) is 19.0 Å². The molecule has 3 aromatic rings. The molecule has 0 saturated carbocycles. The average Bonchev–Trinajstić information content (AvgIpc) is 3.24. The molecule has 1 aliphatic rings. The number of β-amino-alcohol motifs (C(OH)–C–C–N with tert-alkyl or cyclic N) is 2. The molecular formula is C26H32N2O6. The summed E-state index contributed by atoms with van der Waals surface area (Å²) in [6.45, 7) is 7.01. The Kier molecular flexibility index (Phi) is 8.18. The fourth-order valence-corrected chi connectivity index (χ4v) is 4.25. The molecular weight excluding hydrogens is 436 g/mol. The highest BCUT2D eigenvalue weighted by Gasteiger charge is 2.24. The summed E-state index contributed by atoms with van der Waals surface area (Å²) >= 11 is 0. The minimum Gasteiger partial charge on any atom is -0.491 e. The van der Waals surface area contributed by atoms with E-state index in [0.29, 0.717) is 41.1 Å². The van der Waals surface area contributed by atoms with Crippen LogP contribution in [0.25, 0.3) is 22.3 Å². The minimum absolute atomic E-state index is 0.139. The van der Waals surface area contributed by atoms with Crippen molar-refractivity contribution in [2.45, 2.75) is 13.0 Å². The van der Waals surface area contributed by atoms with Crippen molar-refractivity contribution in [2.75, 3.05) is 59.1 Å². The zero-order chi connectivity index (χ0) is 23.9. The number of hydrogen-bond donors (Lipinski definition) is 2. The molecule has 34 heavy (non-hydrogen) atoms. The summed E-state index contributed by atoms with van der Waals surface area (Å²) in [5.41, 5.74) is 1.73. The summed E-state index contributed by atoms with van der Waals surface area (Å²) in [6, 6.07) is 14.8. The zero-order valence-electron chi connectivity index (χ0n) is 19.5. The van der Waals surface area contributed by atoms with Gasteiger partial charge in [0, 0.05) is 50.2 Å². The van der Waals surface area contributed by atoms with Crippen LogP contribution in [0.4, 0.5) is 0 Å². The van der Waals surface area contributed by atoms with Crippen LogP contribution in [0.3, 0.4) is 0 Å². The van der Waals surface area contributed by atoms with Crippen molar-refractivity contribution in [2.24, 2.45) is 0 Å². The molecule has 1 fully saturated rings. The first kappa shape index (κ1) is 24.2. The van der Waals surface area contributed by atoms with Crippen LogP contribution in [-0.4, -0.2) is 91.2 Å². The number of aliphatic hydroxyl groups is 2. The van der Waals surface area contributed by atoms with Gasteiger partial charge in [-0.25, -0.2) is 4.79 Å². The lowest BCUT2D eigenvalue weighted by Gasteiger charge is -2.35. The molecule has 2 heterocycles. The van der Waals surface area contributed by atoms with Gasteiger partial charge in [0.2, 0.25) is 0 Å². The van der Waals surface area contributed by atoms with E-state index in [1.165, 1.54) is 0 Å². The number of nitrogens with zero attached hydrogens (tertiary/aromatic N) is 2. The molecule has 0 aliphatic carbocycles. The summed E-state index contributed by atoms with van der Waals surface area (Å²) in [5, 5.41) is 20.2. The molecule has 1 aliphatic heterocycles. The Labute approximate surface area is 199 Å². The molecule has 0 amide bonds. The van der Waals surface area contributed by atoms with Gasteiger partial charge in [0.15, 0.2) is 0 Å². The number of rotatable bonds is 10. The number of aliphatic hydroxyl groups excluding tert-OH is 2. The fourth-order valence-electron chi connectivity index (χ4n) is 4.25. The van der Waals surface area contributed by atoms with Gasteiger partial charge in [0.25, 0.3) is 0 Å². The smallest absolute Gasteiger partial charge is 0.342 e. The predicted octanol–water partition coefficient (Wildman–Crippen LogP) is 2.63. The van der Waals surface area contributed by atoms with Gasteiger partial charge in [-0.2, -0.15) is 0 Å². The second-order valence-corrected chi connectivity index (χ2v) is 8.38. The molecule has 1 atom stereocenters. The van der Waals surface area contributed by atoms with E-state index in [9.17, 15) is 9.90 Å². The minimum atomic E-state index is -0.645. The Morgan fingerprint density at radius 2 is 1.82 bits per heavy atom. The highest BCUT2D eigenvalue weighted by molar-refractivity contribution is 6.09. The summed E-state index contributed by atoms with van der Waals surface area (Å²) in [7, 11) is 0. The van der Waals surface area contributed by atoms with Crippen LogP contribution in [0, 0.1) is 0 Å². The predicted molar refractivity (Wildman–Crippen MR) is 129 cm³/mol. The average molecular weight is 469 g/mol. The number of piperazine rings is 1. The van der Waals surface area contributed by atoms with Crippen molar-refractivity contribution < 1.29 is 28.9 Å². The van der Waals surface area contributed by atoms with Crippen molar-refractivity contribution in [3.05, 3.63) is 54.1 Å². The first-order chi connectivity index (χ1) is 16.6. The standard InChI is InChI=1S/C26H32N2O6/c1-2-32-26(31)24-22-16-21(8-9-23(22)34-25(24)19-6-4-3-5-7-19)33-18-20(30)17-28-12-10-27(11-13-28)14-15-29/h3-9,16,20,29-30H,2,10-15,17-18H2,1H3. The lowest BCUT2D eigenvalue weighted by atomic mass is 10.1. The SMILES string of the molecule is CCOC(=O)c1c(-c2ccccc2)oc2ccc(OCC(O)CN3CCN(CCO)CC3)cc12. The van der Waals surface area contributed by atoms with Gasteiger partial charge in [0.1, 0.15) is 35.4 Å². The van der Waals surface area contributed by atoms with Gasteiger partial charge in [-0.3, -0.25) is 9.80 Å². The first-order valence-corrected chi connectivity index (χ1v) is 11.7. The van der Waals surface area contributed by atoms with E-state index >= 15 is 0 Å². The van der Waals surface area contributed by atoms with Crippen molar-refractivity contribution in [3.63, 3.8) is 0 Å². The third kappa shape index (κ3) is 5.77. The number of hydrogen-bond acceptors (Lipinski definition) is 8. The fraction of sp³-hybridized carbons (Fsp3) is 0.423. The second-order valence-electron chi connectivity index (χ2n) is 8.38. The number of furan rings is 1. The van der Waals surface area contributed by atoms with Crippen LogP contribution in [0.5, 0.6) is 5.75 Å². The summed E-state index contributed by atoms with van der Waals surface area (Å²) in [5.74, 6) is 0.564. The Balaban J connectivity index is 1.45. The largest absolute Gasteiger partial charge is 0.491 e. The third-order valence-corrected chi connectivity index (χ3v) is 5.97. The summed E-state index contributed by atoms with van der Waals surface area (Å²) in [4.78, 5) is 17.2. The van der Waals surface area contributed by atoms with Gasteiger partial charge in [0.05, 0.1) is 13.2 Å². The number of carbonyl (C=O) groups excluding carboxylic acids is 1. The molecule has 2 aromatic carbocycles. The van der Waals surface area contributed by atoms with Crippen molar-refractivity contribution in [1.29, 1.82) is 0 Å². The molecule has 1 aromatic heterocycles. The third-order valence-electron chi connectivity index (χ3n) is 5.97. The topological polar surface area (TPSA) is 95.6 Å². The van der Waals surface area contributed by atoms with Crippen molar-refractivity contribution >= 4 is 16.9 Å². The number of ether oxygens (including phenoxy) is 2. The van der Waals surface area contributed by atoms with E-state index in [0.717, 1.165) is 31.7 Å². The van der Waals surface area contributed by atoms with E-state index in [2.05, 4.69) is 9.80 Å². The maximum absolute atomic E-state index is 12.8. The first-order valence-electron chi connectivity index (χ1n) is 11.7. The molecule has 0 radical (unpaired) electrons. The quantitative estimate of drug-likeness (QED) is 0.439. The molecule has 8 heteroatoms. The van der Waals surface area contributed by atoms with E-state index < -0.39 is 12.1 Å². The second kappa shape index (κ2) is 11.5. The van der Waals surface area contributed by atoms with Gasteiger partial charge in [-0.1, -0.05) is 30.3 Å². The molecule has 0 spiro atoms. The van der Waals surface area contributed by atoms with E-state index in [-0.39, 0.29) is 19.8 Å². The molecule has 1 unspecified atom stereocenters. The maximum atomic E-state index is 12.8. The number of carbonyl (C=O) groups is 1. The van der Waals surface area contributed by atoms with E-state index in [1.807, 2.05) is 30.3 Å². The van der Waals surface area contributed by atoms with E-state index in [1.54, 1.807) is 25.1 Å². The Morgan fingerprint density at radius 3 is 2.53 bits per heavy atom. The lowest BCUT2D eigenvalue weighted by Crippen LogP contribution is -2.49. The van der Waals surface area contributed by atoms with Gasteiger partial charge in [-0.15, -0.1) is 0 Å². The summed E-state index contributed by atoms with van der Waals surface area (Å²) < 4.78 is 17.2. The van der Waals surface area contributed by atoms with Gasteiger partial charge in [-0.05, 0) is 25.1 Å². The zero-order valence-corrected chi connectivity index (χ0v) is 19.5. The molecule has 8 nitrogen and oxygen atoms in total. The monoisotopic (exact) mass is 468 g/mol. The summed E-state index contributed by atoms with van der Waals surface area (Å²) in [6.07, 6.45) is -0.645. The molecule has 182 valence electrons. The highest BCUT2D eigenvalue weighted by Crippen LogP contribution is 2.36. The lowest BCUT2D eigenvalue weighted by molar-refractivity contribution is 0.0428. The number of esters is 1. The van der Waals surface area contributed by atoms with Crippen LogP contribution in [0.2, 0.25) is 0 Å². The Morgan fingerprint density at radius 1 is 1.09 bits per heavy atom. The molecule has 0 bridgehead atoms. The normalized spacial score (nSPS) is 16.0. The Bertz CT molecular complexity index is 1080. The van der Waals surface area contributed by atoms with Gasteiger partial charge < -0.3 is 24.1 Å². The number of benzene rings is 2. The highest BCUT2D eigenvalue weighted by atomic mass is 16.5. The van der Waals surface area contributed by atoms with Crippen molar-refractivity contribution in [3.8, 4) is 17.1 Å². The van der Waals surface area contributed by atoms with Gasteiger partial charge >= 0.3 is 5.97 Å². The van der Waals surface area contributed by atoms with Crippen LogP contribution in [-0.2, 0) is 4.74 Å². The van der Waals surface area contributed by atoms with Crippen molar-refractivity contribution in [1.82, 2.24) is 9.80 Å². The molecule has 2 N–H and O–H groups in total. The van der Waals surface area contributed by atoms with Crippen LogP contribution < -0.4 is 4.74 Å². The Hall–Kier alpha value is -2.91. The molecule has 4 rings (SSSR count). The molecule has 1 saturated heterocycles. The van der Waals surface area contributed by atoms with Crippen LogP contribution in [0.15, 0.2) is 52.9 Å². The van der Waals surface area contributed by atoms with Crippen LogP contribution in [0.1, 0.15) is 17.3 Å². The maximum Gasteiger partial charge on any atom is 0.342 e.